The molecule has 8 heteroatoms. The van der Waals surface area contributed by atoms with Crippen LogP contribution in [-0.2, 0) is 21.5 Å². The van der Waals surface area contributed by atoms with Gasteiger partial charge in [-0.3, -0.25) is 4.84 Å². The van der Waals surface area contributed by atoms with Gasteiger partial charge in [-0.25, -0.2) is 13.1 Å². The van der Waals surface area contributed by atoms with Gasteiger partial charge >= 0.3 is 0 Å². The predicted molar refractivity (Wildman–Crippen MR) is 116 cm³/mol. The summed E-state index contributed by atoms with van der Waals surface area (Å²) in [6.45, 7) is 4.31. The van der Waals surface area contributed by atoms with Crippen molar-refractivity contribution < 1.29 is 22.7 Å². The summed E-state index contributed by atoms with van der Waals surface area (Å²) in [5, 5.41) is 0.872. The van der Waals surface area contributed by atoms with Crippen molar-refractivity contribution in [1.82, 2.24) is 9.79 Å². The Hall–Kier alpha value is -2.13. The fourth-order valence-electron chi connectivity index (χ4n) is 3.45. The maximum atomic E-state index is 12.9. The van der Waals surface area contributed by atoms with Crippen molar-refractivity contribution in [3.05, 3.63) is 59.7 Å². The molecule has 3 rings (SSSR count). The Labute approximate surface area is 178 Å². The molecule has 0 aliphatic carbocycles. The lowest BCUT2D eigenvalue weighted by Gasteiger charge is -2.25. The van der Waals surface area contributed by atoms with Crippen molar-refractivity contribution >= 4 is 10.0 Å². The SMILES string of the molecule is CCC(C)NS(=O)(=O)C1CON(C)C1c1ccc(OCc2ccccc2)c(OC)c1. The Balaban J connectivity index is 1.82. The van der Waals surface area contributed by atoms with Crippen LogP contribution in [-0.4, -0.2) is 45.5 Å². The molecule has 3 atom stereocenters. The summed E-state index contributed by atoms with van der Waals surface area (Å²) >= 11 is 0. The maximum Gasteiger partial charge on any atom is 0.219 e. The Bertz CT molecular complexity index is 936. The molecule has 2 aromatic carbocycles. The summed E-state index contributed by atoms with van der Waals surface area (Å²) in [5.74, 6) is 1.15. The molecule has 1 heterocycles. The predicted octanol–water partition coefficient (Wildman–Crippen LogP) is 3.28. The quantitative estimate of drug-likeness (QED) is 0.653. The molecule has 0 amide bonds. The highest BCUT2D eigenvalue weighted by Gasteiger charge is 2.43. The number of hydroxylamine groups is 2. The minimum absolute atomic E-state index is 0.0987. The van der Waals surface area contributed by atoms with Crippen LogP contribution in [0.3, 0.4) is 0 Å². The van der Waals surface area contributed by atoms with Crippen molar-refractivity contribution in [2.75, 3.05) is 20.8 Å². The molecule has 1 aliphatic heterocycles. The summed E-state index contributed by atoms with van der Waals surface area (Å²) in [6.07, 6.45) is 0.717. The zero-order valence-electron chi connectivity index (χ0n) is 17.9. The number of benzene rings is 2. The highest BCUT2D eigenvalue weighted by Crippen LogP contribution is 2.38. The average molecular weight is 435 g/mol. The molecule has 0 aromatic heterocycles. The lowest BCUT2D eigenvalue weighted by molar-refractivity contribution is -0.110. The van der Waals surface area contributed by atoms with Crippen molar-refractivity contribution in [2.24, 2.45) is 0 Å². The number of hydrogen-bond acceptors (Lipinski definition) is 6. The molecule has 1 saturated heterocycles. The maximum absolute atomic E-state index is 12.9. The van der Waals surface area contributed by atoms with E-state index >= 15 is 0 Å². The molecule has 2 aromatic rings. The Kier molecular flexibility index (Phi) is 7.36. The van der Waals surface area contributed by atoms with Gasteiger partial charge in [-0.15, -0.1) is 0 Å². The molecule has 164 valence electrons. The molecule has 0 spiro atoms. The average Bonchev–Trinajstić information content (AvgIpc) is 3.15. The fourth-order valence-corrected chi connectivity index (χ4v) is 5.26. The first-order valence-electron chi connectivity index (χ1n) is 10.1. The van der Waals surface area contributed by atoms with Crippen LogP contribution < -0.4 is 14.2 Å². The van der Waals surface area contributed by atoms with E-state index in [-0.39, 0.29) is 12.6 Å². The second-order valence-corrected chi connectivity index (χ2v) is 9.41. The Morgan fingerprint density at radius 1 is 1.20 bits per heavy atom. The molecule has 7 nitrogen and oxygen atoms in total. The molecule has 30 heavy (non-hydrogen) atoms. The van der Waals surface area contributed by atoms with Crippen LogP contribution in [0.2, 0.25) is 0 Å². The fraction of sp³-hybridized carbons (Fsp3) is 0.455. The van der Waals surface area contributed by atoms with E-state index in [1.54, 1.807) is 19.2 Å². The molecular formula is C22H30N2O5S. The largest absolute Gasteiger partial charge is 0.493 e. The van der Waals surface area contributed by atoms with Crippen molar-refractivity contribution in [2.45, 2.75) is 44.2 Å². The highest BCUT2D eigenvalue weighted by molar-refractivity contribution is 7.90. The van der Waals surface area contributed by atoms with Crippen LogP contribution in [0.5, 0.6) is 11.5 Å². The number of hydrogen-bond donors (Lipinski definition) is 1. The van der Waals surface area contributed by atoms with Gasteiger partial charge in [0.15, 0.2) is 11.5 Å². The third-order valence-corrected chi connectivity index (χ3v) is 7.25. The zero-order chi connectivity index (χ0) is 21.7. The summed E-state index contributed by atoms with van der Waals surface area (Å²) in [4.78, 5) is 5.59. The van der Waals surface area contributed by atoms with Crippen molar-refractivity contribution in [1.29, 1.82) is 0 Å². The monoisotopic (exact) mass is 434 g/mol. The molecular weight excluding hydrogens is 404 g/mol. The van der Waals surface area contributed by atoms with Gasteiger partial charge in [0.05, 0.1) is 19.8 Å². The van der Waals surface area contributed by atoms with Crippen LogP contribution in [0.1, 0.15) is 37.4 Å². The first kappa shape index (κ1) is 22.6. The minimum Gasteiger partial charge on any atom is -0.493 e. The van der Waals surface area contributed by atoms with Gasteiger partial charge in [-0.05, 0) is 36.6 Å². The third kappa shape index (κ3) is 5.13. The summed E-state index contributed by atoms with van der Waals surface area (Å²) < 4.78 is 40.1. The second kappa shape index (κ2) is 9.78. The van der Waals surface area contributed by atoms with Gasteiger partial charge in [0, 0.05) is 13.1 Å². The zero-order valence-corrected chi connectivity index (χ0v) is 18.7. The van der Waals surface area contributed by atoms with E-state index in [2.05, 4.69) is 4.72 Å². The van der Waals surface area contributed by atoms with Gasteiger partial charge in [0.25, 0.3) is 0 Å². The lowest BCUT2D eigenvalue weighted by Crippen LogP contribution is -2.42. The van der Waals surface area contributed by atoms with Gasteiger partial charge in [-0.2, -0.15) is 5.06 Å². The first-order valence-corrected chi connectivity index (χ1v) is 11.6. The number of rotatable bonds is 9. The van der Waals surface area contributed by atoms with E-state index in [1.165, 1.54) is 0 Å². The van der Waals surface area contributed by atoms with Gasteiger partial charge in [0.1, 0.15) is 11.9 Å². The number of nitrogens with one attached hydrogen (secondary N) is 1. The first-order chi connectivity index (χ1) is 14.4. The molecule has 0 radical (unpaired) electrons. The minimum atomic E-state index is -3.57. The van der Waals surface area contributed by atoms with Crippen LogP contribution in [0.4, 0.5) is 0 Å². The summed E-state index contributed by atoms with van der Waals surface area (Å²) in [7, 11) is -0.249. The topological polar surface area (TPSA) is 77.1 Å². The molecule has 1 fully saturated rings. The lowest BCUT2D eigenvalue weighted by atomic mass is 10.0. The van der Waals surface area contributed by atoms with E-state index in [0.29, 0.717) is 24.5 Å². The van der Waals surface area contributed by atoms with Crippen LogP contribution in [0.25, 0.3) is 0 Å². The van der Waals surface area contributed by atoms with E-state index in [0.717, 1.165) is 11.1 Å². The van der Waals surface area contributed by atoms with Crippen molar-refractivity contribution in [3.8, 4) is 11.5 Å². The Morgan fingerprint density at radius 2 is 1.93 bits per heavy atom. The van der Waals surface area contributed by atoms with Crippen molar-refractivity contribution in [3.63, 3.8) is 0 Å². The molecule has 3 unspecified atom stereocenters. The molecule has 0 bridgehead atoms. The van der Waals surface area contributed by atoms with E-state index in [9.17, 15) is 8.42 Å². The van der Waals surface area contributed by atoms with E-state index < -0.39 is 21.3 Å². The second-order valence-electron chi connectivity index (χ2n) is 7.48. The highest BCUT2D eigenvalue weighted by atomic mass is 32.2. The normalized spacial score (nSPS) is 20.8. The van der Waals surface area contributed by atoms with Gasteiger partial charge in [0.2, 0.25) is 10.0 Å². The van der Waals surface area contributed by atoms with Crippen LogP contribution in [0.15, 0.2) is 48.5 Å². The standard InChI is InChI=1S/C22H30N2O5S/c1-5-16(2)23-30(25,26)21-15-29-24(3)22(21)18-11-12-19(20(13-18)27-4)28-14-17-9-7-6-8-10-17/h6-13,16,21-23H,5,14-15H2,1-4H3. The smallest absolute Gasteiger partial charge is 0.219 e. The van der Waals surface area contributed by atoms with Gasteiger partial charge in [-0.1, -0.05) is 43.3 Å². The summed E-state index contributed by atoms with van der Waals surface area (Å²) in [5.41, 5.74) is 1.84. The Morgan fingerprint density at radius 3 is 2.60 bits per heavy atom. The summed E-state index contributed by atoms with van der Waals surface area (Å²) in [6, 6.07) is 14.8. The number of ether oxygens (including phenoxy) is 2. The van der Waals surface area contributed by atoms with E-state index in [1.807, 2.05) is 62.4 Å². The third-order valence-electron chi connectivity index (χ3n) is 5.33. The molecule has 1 aliphatic rings. The number of methoxy groups -OCH3 is 1. The van der Waals surface area contributed by atoms with Gasteiger partial charge < -0.3 is 9.47 Å². The molecule has 0 saturated carbocycles. The molecule has 1 N–H and O–H groups in total. The van der Waals surface area contributed by atoms with E-state index in [4.69, 9.17) is 14.3 Å². The number of sulfonamides is 1. The number of nitrogens with zero attached hydrogens (tertiary/aromatic N) is 1. The van der Waals surface area contributed by atoms with Crippen LogP contribution >= 0.6 is 0 Å². The van der Waals surface area contributed by atoms with Crippen LogP contribution in [0, 0.1) is 0 Å².